The van der Waals surface area contributed by atoms with Gasteiger partial charge in [-0.05, 0) is 39.8 Å². The van der Waals surface area contributed by atoms with E-state index in [2.05, 4.69) is 20.4 Å². The molecule has 0 saturated carbocycles. The summed E-state index contributed by atoms with van der Waals surface area (Å²) in [5, 5.41) is 0. The summed E-state index contributed by atoms with van der Waals surface area (Å²) in [5.74, 6) is 0. The second-order valence-corrected chi connectivity index (χ2v) is 8.20. The van der Waals surface area contributed by atoms with E-state index in [4.69, 9.17) is 13.6 Å². The van der Waals surface area contributed by atoms with Crippen LogP contribution in [-0.2, 0) is 13.6 Å². The van der Waals surface area contributed by atoms with Crippen LogP contribution in [0.4, 0.5) is 0 Å². The van der Waals surface area contributed by atoms with Crippen LogP contribution in [-0.4, -0.2) is 28.4 Å². The minimum atomic E-state index is -1.87. The third-order valence-electron chi connectivity index (χ3n) is 3.02. The zero-order chi connectivity index (χ0) is 14.4. The second-order valence-electron chi connectivity index (χ2n) is 4.86. The van der Waals surface area contributed by atoms with Crippen LogP contribution in [0.25, 0.3) is 0 Å². The molecule has 0 atom stereocenters. The third-order valence-corrected chi connectivity index (χ3v) is 6.09. The summed E-state index contributed by atoms with van der Waals surface area (Å²) in [6.07, 6.45) is 9.86. The van der Waals surface area contributed by atoms with Crippen molar-refractivity contribution in [1.82, 2.24) is 0 Å². The molecular weight excluding hydrogens is 256 g/mol. The van der Waals surface area contributed by atoms with Crippen LogP contribution in [0, 0.1) is 0 Å². The summed E-state index contributed by atoms with van der Waals surface area (Å²) in [6, 6.07) is 1.11. The van der Waals surface area contributed by atoms with Gasteiger partial charge in [-0.2, -0.15) is 0 Å². The summed E-state index contributed by atoms with van der Waals surface area (Å²) in [4.78, 5) is 0. The van der Waals surface area contributed by atoms with Crippen molar-refractivity contribution in [3.05, 3.63) is 12.3 Å². The lowest BCUT2D eigenvalue weighted by molar-refractivity contribution is 0.188. The van der Waals surface area contributed by atoms with Crippen LogP contribution >= 0.6 is 0 Å². The molecule has 0 N–H and O–H groups in total. The SMILES string of the molecule is CC=COCCCCCCC[Si](C)(OCC)OCC. The van der Waals surface area contributed by atoms with E-state index < -0.39 is 8.56 Å². The maximum Gasteiger partial charge on any atom is 0.334 e. The number of hydrogen-bond donors (Lipinski definition) is 0. The summed E-state index contributed by atoms with van der Waals surface area (Å²) < 4.78 is 17.0. The van der Waals surface area contributed by atoms with Gasteiger partial charge in [0.15, 0.2) is 0 Å². The Morgan fingerprint density at radius 2 is 1.47 bits per heavy atom. The van der Waals surface area contributed by atoms with E-state index in [1.807, 2.05) is 13.0 Å². The van der Waals surface area contributed by atoms with Crippen LogP contribution in [0.2, 0.25) is 12.6 Å². The first-order valence-corrected chi connectivity index (χ1v) is 10.2. The predicted molar refractivity (Wildman–Crippen MR) is 83.5 cm³/mol. The summed E-state index contributed by atoms with van der Waals surface area (Å²) in [6.45, 7) is 10.6. The Hall–Kier alpha value is -0.323. The van der Waals surface area contributed by atoms with E-state index in [1.165, 1.54) is 25.7 Å². The topological polar surface area (TPSA) is 27.7 Å². The maximum atomic E-state index is 5.83. The fraction of sp³-hybridized carbons (Fsp3) is 0.867. The highest BCUT2D eigenvalue weighted by molar-refractivity contribution is 6.66. The normalized spacial score (nSPS) is 12.2. The first-order valence-electron chi connectivity index (χ1n) is 7.69. The molecule has 0 amide bonds. The van der Waals surface area contributed by atoms with Crippen LogP contribution in [0.15, 0.2) is 12.3 Å². The van der Waals surface area contributed by atoms with Gasteiger partial charge in [-0.15, -0.1) is 0 Å². The largest absolute Gasteiger partial charge is 0.502 e. The number of rotatable bonds is 13. The second kappa shape index (κ2) is 12.7. The van der Waals surface area contributed by atoms with Crippen molar-refractivity contribution in [3.63, 3.8) is 0 Å². The summed E-state index contributed by atoms with van der Waals surface area (Å²) in [7, 11) is -1.87. The molecule has 0 saturated heterocycles. The molecular formula is C15H32O3Si. The van der Waals surface area contributed by atoms with E-state index in [-0.39, 0.29) is 0 Å². The van der Waals surface area contributed by atoms with Gasteiger partial charge in [0.1, 0.15) is 0 Å². The summed E-state index contributed by atoms with van der Waals surface area (Å²) >= 11 is 0. The molecule has 4 heteroatoms. The molecule has 0 fully saturated rings. The molecule has 0 aliphatic heterocycles. The Morgan fingerprint density at radius 3 is 2.05 bits per heavy atom. The number of unbranched alkanes of at least 4 members (excludes halogenated alkanes) is 4. The average molecular weight is 289 g/mol. The lowest BCUT2D eigenvalue weighted by atomic mass is 10.2. The lowest BCUT2D eigenvalue weighted by Crippen LogP contribution is -2.38. The van der Waals surface area contributed by atoms with Crippen molar-refractivity contribution >= 4 is 8.56 Å². The van der Waals surface area contributed by atoms with Gasteiger partial charge in [-0.1, -0.05) is 31.8 Å². The van der Waals surface area contributed by atoms with Gasteiger partial charge in [0.2, 0.25) is 0 Å². The average Bonchev–Trinajstić information content (AvgIpc) is 2.37. The first-order chi connectivity index (χ1) is 9.18. The molecule has 0 unspecified atom stereocenters. The van der Waals surface area contributed by atoms with Crippen LogP contribution < -0.4 is 0 Å². The van der Waals surface area contributed by atoms with E-state index in [1.54, 1.807) is 6.26 Å². The molecule has 0 bridgehead atoms. The van der Waals surface area contributed by atoms with E-state index in [0.29, 0.717) is 0 Å². The zero-order valence-corrected chi connectivity index (χ0v) is 14.2. The quantitative estimate of drug-likeness (QED) is 0.281. The third kappa shape index (κ3) is 11.2. The minimum absolute atomic E-state index is 0.769. The van der Waals surface area contributed by atoms with Gasteiger partial charge in [-0.3, -0.25) is 0 Å². The molecule has 0 rings (SSSR count). The van der Waals surface area contributed by atoms with Crippen LogP contribution in [0.1, 0.15) is 52.9 Å². The van der Waals surface area contributed by atoms with Gasteiger partial charge in [0, 0.05) is 13.2 Å². The van der Waals surface area contributed by atoms with Gasteiger partial charge < -0.3 is 13.6 Å². The molecule has 0 heterocycles. The highest BCUT2D eigenvalue weighted by atomic mass is 28.4. The van der Waals surface area contributed by atoms with Crippen molar-refractivity contribution in [1.29, 1.82) is 0 Å². The predicted octanol–water partition coefficient (Wildman–Crippen LogP) is 4.63. The zero-order valence-electron chi connectivity index (χ0n) is 13.2. The van der Waals surface area contributed by atoms with Crippen LogP contribution in [0.5, 0.6) is 0 Å². The molecule has 3 nitrogen and oxygen atoms in total. The highest BCUT2D eigenvalue weighted by Crippen LogP contribution is 2.18. The number of ether oxygens (including phenoxy) is 1. The Kier molecular flexibility index (Phi) is 12.5. The van der Waals surface area contributed by atoms with Crippen molar-refractivity contribution in [3.8, 4) is 0 Å². The van der Waals surface area contributed by atoms with Gasteiger partial charge >= 0.3 is 8.56 Å². The maximum absolute atomic E-state index is 5.83. The minimum Gasteiger partial charge on any atom is -0.502 e. The van der Waals surface area contributed by atoms with Crippen LogP contribution in [0.3, 0.4) is 0 Å². The number of hydrogen-bond acceptors (Lipinski definition) is 3. The smallest absolute Gasteiger partial charge is 0.334 e. The van der Waals surface area contributed by atoms with Gasteiger partial charge in [0.05, 0.1) is 12.9 Å². The first kappa shape index (κ1) is 18.7. The van der Waals surface area contributed by atoms with E-state index >= 15 is 0 Å². The van der Waals surface area contributed by atoms with E-state index in [0.717, 1.165) is 32.3 Å². The van der Waals surface area contributed by atoms with Crippen molar-refractivity contribution in [2.75, 3.05) is 19.8 Å². The lowest BCUT2D eigenvalue weighted by Gasteiger charge is -2.25. The monoisotopic (exact) mass is 288 g/mol. The Balaban J connectivity index is 3.49. The molecule has 0 aliphatic rings. The van der Waals surface area contributed by atoms with Crippen molar-refractivity contribution in [2.24, 2.45) is 0 Å². The molecule has 0 radical (unpaired) electrons. The molecule has 0 aromatic carbocycles. The van der Waals surface area contributed by atoms with E-state index in [9.17, 15) is 0 Å². The fourth-order valence-electron chi connectivity index (χ4n) is 2.12. The molecule has 0 aliphatic carbocycles. The number of allylic oxidation sites excluding steroid dienone is 1. The Morgan fingerprint density at radius 1 is 0.895 bits per heavy atom. The Labute approximate surface area is 120 Å². The van der Waals surface area contributed by atoms with Gasteiger partial charge in [0.25, 0.3) is 0 Å². The van der Waals surface area contributed by atoms with Gasteiger partial charge in [-0.25, -0.2) is 0 Å². The Bertz CT molecular complexity index is 213. The molecule has 0 aromatic rings. The van der Waals surface area contributed by atoms with Crippen molar-refractivity contribution in [2.45, 2.75) is 65.5 Å². The molecule has 0 aromatic heterocycles. The standard InChI is InChI=1S/C15H32O3Si/c1-5-13-16-14-11-9-8-10-12-15-19(4,17-6-2)18-7-3/h5,13H,6-12,14-15H2,1-4H3. The highest BCUT2D eigenvalue weighted by Gasteiger charge is 2.29. The van der Waals surface area contributed by atoms with Crippen molar-refractivity contribution < 1.29 is 13.6 Å². The fourth-order valence-corrected chi connectivity index (χ4v) is 4.61. The molecule has 0 spiro atoms. The summed E-state index contributed by atoms with van der Waals surface area (Å²) in [5.41, 5.74) is 0. The molecule has 114 valence electrons. The molecule has 19 heavy (non-hydrogen) atoms.